The number of hydrogen-bond donors (Lipinski definition) is 1. The Hall–Kier alpha value is -0.0400. The summed E-state index contributed by atoms with van der Waals surface area (Å²) < 4.78 is 0. The summed E-state index contributed by atoms with van der Waals surface area (Å²) in [4.78, 5) is 0. The maximum Gasteiger partial charge on any atom is 0.00694 e. The average Bonchev–Trinajstić information content (AvgIpc) is 2.37. The topological polar surface area (TPSA) is 12.0 Å². The molecule has 18 heavy (non-hydrogen) atoms. The predicted octanol–water partition coefficient (Wildman–Crippen LogP) is 5.54. The van der Waals surface area contributed by atoms with Gasteiger partial charge in [0.2, 0.25) is 0 Å². The summed E-state index contributed by atoms with van der Waals surface area (Å²) in [5.74, 6) is 0.874. The number of rotatable bonds is 13. The van der Waals surface area contributed by atoms with Crippen molar-refractivity contribution in [1.82, 2.24) is 5.32 Å². The zero-order valence-electron chi connectivity index (χ0n) is 13.4. The maximum atomic E-state index is 3.66. The van der Waals surface area contributed by atoms with Crippen molar-refractivity contribution in [2.75, 3.05) is 6.54 Å². The fraction of sp³-hybridized carbons (Fsp3) is 1.00. The summed E-state index contributed by atoms with van der Waals surface area (Å²) in [6, 6.07) is 0.764. The molecule has 1 N–H and O–H groups in total. The van der Waals surface area contributed by atoms with Crippen LogP contribution in [0.4, 0.5) is 0 Å². The molecule has 2 unspecified atom stereocenters. The van der Waals surface area contributed by atoms with Gasteiger partial charge < -0.3 is 5.32 Å². The van der Waals surface area contributed by atoms with Gasteiger partial charge in [0, 0.05) is 6.04 Å². The van der Waals surface area contributed by atoms with E-state index in [1.165, 1.54) is 64.2 Å². The van der Waals surface area contributed by atoms with Crippen molar-refractivity contribution in [3.8, 4) is 0 Å². The summed E-state index contributed by atoms with van der Waals surface area (Å²) in [5.41, 5.74) is 0. The van der Waals surface area contributed by atoms with Gasteiger partial charge in [0.05, 0.1) is 0 Å². The molecule has 0 rings (SSSR count). The standard InChI is InChI=1S/C17H37N/c1-5-8-9-10-11-12-13-14-17(18-7-3)15-16(4)6-2/h16-18H,5-15H2,1-4H3. The lowest BCUT2D eigenvalue weighted by Crippen LogP contribution is -2.30. The Morgan fingerprint density at radius 3 is 2.00 bits per heavy atom. The summed E-state index contributed by atoms with van der Waals surface area (Å²) in [7, 11) is 0. The second kappa shape index (κ2) is 13.4. The van der Waals surface area contributed by atoms with Crippen LogP contribution in [0.15, 0.2) is 0 Å². The van der Waals surface area contributed by atoms with Gasteiger partial charge in [-0.15, -0.1) is 0 Å². The Labute approximate surface area is 116 Å². The minimum Gasteiger partial charge on any atom is -0.314 e. The van der Waals surface area contributed by atoms with Crippen molar-refractivity contribution >= 4 is 0 Å². The lowest BCUT2D eigenvalue weighted by atomic mass is 9.95. The molecule has 0 bridgehead atoms. The number of nitrogens with one attached hydrogen (secondary N) is 1. The van der Waals surface area contributed by atoms with Gasteiger partial charge in [-0.1, -0.05) is 79.1 Å². The first-order chi connectivity index (χ1) is 8.74. The van der Waals surface area contributed by atoms with Gasteiger partial charge in [0.1, 0.15) is 0 Å². The molecule has 0 aliphatic heterocycles. The fourth-order valence-electron chi connectivity index (χ4n) is 2.59. The Morgan fingerprint density at radius 2 is 1.44 bits per heavy atom. The van der Waals surface area contributed by atoms with Crippen LogP contribution in [0.3, 0.4) is 0 Å². The molecule has 0 saturated heterocycles. The zero-order valence-corrected chi connectivity index (χ0v) is 13.4. The van der Waals surface area contributed by atoms with Crippen LogP contribution in [0.5, 0.6) is 0 Å². The van der Waals surface area contributed by atoms with E-state index < -0.39 is 0 Å². The molecule has 0 aliphatic rings. The Balaban J connectivity index is 3.51. The van der Waals surface area contributed by atoms with Gasteiger partial charge >= 0.3 is 0 Å². The third-order valence-corrected chi connectivity index (χ3v) is 4.03. The van der Waals surface area contributed by atoms with E-state index in [0.29, 0.717) is 0 Å². The van der Waals surface area contributed by atoms with E-state index >= 15 is 0 Å². The highest BCUT2D eigenvalue weighted by atomic mass is 14.9. The van der Waals surface area contributed by atoms with Gasteiger partial charge in [-0.05, 0) is 25.3 Å². The average molecular weight is 255 g/mol. The number of unbranched alkanes of at least 4 members (excludes halogenated alkanes) is 6. The molecule has 0 aromatic carbocycles. The molecule has 0 aromatic rings. The minimum absolute atomic E-state index is 0.764. The Morgan fingerprint density at radius 1 is 0.833 bits per heavy atom. The van der Waals surface area contributed by atoms with Gasteiger partial charge in [-0.3, -0.25) is 0 Å². The molecule has 110 valence electrons. The molecule has 0 spiro atoms. The molecule has 0 aliphatic carbocycles. The van der Waals surface area contributed by atoms with Gasteiger partial charge in [-0.25, -0.2) is 0 Å². The van der Waals surface area contributed by atoms with Crippen LogP contribution in [-0.4, -0.2) is 12.6 Å². The van der Waals surface area contributed by atoms with Crippen LogP contribution < -0.4 is 5.32 Å². The number of hydrogen-bond acceptors (Lipinski definition) is 1. The normalized spacial score (nSPS) is 14.7. The second-order valence-electron chi connectivity index (χ2n) is 5.91. The van der Waals surface area contributed by atoms with E-state index in [0.717, 1.165) is 18.5 Å². The molecular weight excluding hydrogens is 218 g/mol. The van der Waals surface area contributed by atoms with Gasteiger partial charge in [0.15, 0.2) is 0 Å². The third-order valence-electron chi connectivity index (χ3n) is 4.03. The van der Waals surface area contributed by atoms with Crippen molar-refractivity contribution in [1.29, 1.82) is 0 Å². The van der Waals surface area contributed by atoms with E-state index in [2.05, 4.69) is 33.0 Å². The smallest absolute Gasteiger partial charge is 0.00694 e. The minimum atomic E-state index is 0.764. The molecule has 0 heterocycles. The highest BCUT2D eigenvalue weighted by Gasteiger charge is 2.10. The summed E-state index contributed by atoms with van der Waals surface area (Å²) in [5, 5.41) is 3.66. The van der Waals surface area contributed by atoms with E-state index in [1.807, 2.05) is 0 Å². The predicted molar refractivity (Wildman–Crippen MR) is 84.1 cm³/mol. The molecule has 0 amide bonds. The van der Waals surface area contributed by atoms with Crippen molar-refractivity contribution in [3.63, 3.8) is 0 Å². The van der Waals surface area contributed by atoms with Crippen LogP contribution in [0.1, 0.15) is 91.9 Å². The molecule has 0 aromatic heterocycles. The van der Waals surface area contributed by atoms with Crippen LogP contribution in [0.25, 0.3) is 0 Å². The van der Waals surface area contributed by atoms with Crippen molar-refractivity contribution in [2.24, 2.45) is 5.92 Å². The van der Waals surface area contributed by atoms with E-state index in [1.54, 1.807) is 0 Å². The maximum absolute atomic E-state index is 3.66. The van der Waals surface area contributed by atoms with Crippen molar-refractivity contribution in [3.05, 3.63) is 0 Å². The summed E-state index contributed by atoms with van der Waals surface area (Å²) >= 11 is 0. The first-order valence-corrected chi connectivity index (χ1v) is 8.47. The van der Waals surface area contributed by atoms with Gasteiger partial charge in [0.25, 0.3) is 0 Å². The van der Waals surface area contributed by atoms with Crippen molar-refractivity contribution < 1.29 is 0 Å². The molecule has 2 atom stereocenters. The Kier molecular flexibility index (Phi) is 13.4. The third kappa shape index (κ3) is 11.1. The highest BCUT2D eigenvalue weighted by molar-refractivity contribution is 4.69. The molecule has 0 saturated carbocycles. The molecule has 0 radical (unpaired) electrons. The van der Waals surface area contributed by atoms with Crippen LogP contribution in [0.2, 0.25) is 0 Å². The quantitative estimate of drug-likeness (QED) is 0.426. The fourth-order valence-corrected chi connectivity index (χ4v) is 2.59. The van der Waals surface area contributed by atoms with E-state index in [-0.39, 0.29) is 0 Å². The second-order valence-corrected chi connectivity index (χ2v) is 5.91. The van der Waals surface area contributed by atoms with Gasteiger partial charge in [-0.2, -0.15) is 0 Å². The first kappa shape index (κ1) is 18.0. The lowest BCUT2D eigenvalue weighted by Gasteiger charge is -2.21. The van der Waals surface area contributed by atoms with E-state index in [9.17, 15) is 0 Å². The highest BCUT2D eigenvalue weighted by Crippen LogP contribution is 2.16. The zero-order chi connectivity index (χ0) is 13.6. The lowest BCUT2D eigenvalue weighted by molar-refractivity contribution is 0.371. The molecule has 1 nitrogen and oxygen atoms in total. The van der Waals surface area contributed by atoms with Crippen molar-refractivity contribution in [2.45, 2.75) is 97.9 Å². The molecule has 1 heteroatoms. The molecule has 0 fully saturated rings. The SMILES string of the molecule is CCCCCCCCCC(CC(C)CC)NCC. The first-order valence-electron chi connectivity index (χ1n) is 8.47. The van der Waals surface area contributed by atoms with Crippen LogP contribution in [0, 0.1) is 5.92 Å². The van der Waals surface area contributed by atoms with Crippen LogP contribution in [-0.2, 0) is 0 Å². The monoisotopic (exact) mass is 255 g/mol. The summed E-state index contributed by atoms with van der Waals surface area (Å²) in [6.07, 6.45) is 14.0. The van der Waals surface area contributed by atoms with Crippen LogP contribution >= 0.6 is 0 Å². The Bertz CT molecular complexity index is 156. The summed E-state index contributed by atoms with van der Waals surface area (Å²) in [6.45, 7) is 10.3. The largest absolute Gasteiger partial charge is 0.314 e. The molecular formula is C17H37N. The van der Waals surface area contributed by atoms with E-state index in [4.69, 9.17) is 0 Å².